The van der Waals surface area contributed by atoms with Crippen molar-refractivity contribution in [1.29, 1.82) is 0 Å². The Bertz CT molecular complexity index is 217. The van der Waals surface area contributed by atoms with Crippen molar-refractivity contribution in [1.82, 2.24) is 4.90 Å². The third-order valence-electron chi connectivity index (χ3n) is 2.98. The third-order valence-corrected chi connectivity index (χ3v) is 4.00. The molecule has 0 aromatic heterocycles. The molecule has 0 aromatic rings. The second-order valence-corrected chi connectivity index (χ2v) is 5.82. The fourth-order valence-electron chi connectivity index (χ4n) is 1.87. The Balaban J connectivity index is 0. The number of hydrogen-bond acceptors (Lipinski definition) is 4. The minimum absolute atomic E-state index is 0. The van der Waals surface area contributed by atoms with Crippen molar-refractivity contribution in [3.63, 3.8) is 0 Å². The van der Waals surface area contributed by atoms with Crippen LogP contribution in [0.2, 0.25) is 0 Å². The Kier molecular flexibility index (Phi) is 16.3. The van der Waals surface area contributed by atoms with Gasteiger partial charge in [-0.25, -0.2) is 0 Å². The van der Waals surface area contributed by atoms with E-state index in [0.717, 1.165) is 51.4 Å². The van der Waals surface area contributed by atoms with E-state index in [1.165, 1.54) is 4.90 Å². The van der Waals surface area contributed by atoms with E-state index in [9.17, 15) is 9.90 Å². The van der Waals surface area contributed by atoms with Gasteiger partial charge in [0.25, 0.3) is 0 Å². The van der Waals surface area contributed by atoms with Crippen LogP contribution in [-0.2, 0) is 0 Å². The van der Waals surface area contributed by atoms with E-state index in [4.69, 9.17) is 0 Å². The van der Waals surface area contributed by atoms with Gasteiger partial charge in [-0.15, -0.1) is 0 Å². The monoisotopic (exact) mass is 315 g/mol. The van der Waals surface area contributed by atoms with Crippen molar-refractivity contribution < 1.29 is 39.5 Å². The first-order valence-corrected chi connectivity index (χ1v) is 7.93. The minimum atomic E-state index is -1.16. The minimum Gasteiger partial charge on any atom is -0.530 e. The van der Waals surface area contributed by atoms with Crippen LogP contribution in [0, 0.1) is 0 Å². The standard InChI is InChI=1S/C13H27NO2S2.Na/c1-3-5-7-9-11(17)14(13(15)16)12(18)10-8-6-4-2;/h11-12,17-18H,3-10H2,1-2H3,(H,15,16);/q;+1/p-1. The number of carbonyl (C=O) groups is 1. The average Bonchev–Trinajstić information content (AvgIpc) is 2.29. The van der Waals surface area contributed by atoms with Gasteiger partial charge in [-0.2, -0.15) is 25.3 Å². The number of rotatable bonds is 10. The zero-order valence-electron chi connectivity index (χ0n) is 12.5. The first kappa shape index (κ1) is 22.3. The number of nitrogens with zero attached hydrogens (tertiary/aromatic N) is 1. The van der Waals surface area contributed by atoms with Crippen molar-refractivity contribution >= 4 is 31.4 Å². The maximum atomic E-state index is 11.2. The summed E-state index contributed by atoms with van der Waals surface area (Å²) >= 11 is 8.76. The van der Waals surface area contributed by atoms with Gasteiger partial charge in [0.15, 0.2) is 0 Å². The summed E-state index contributed by atoms with van der Waals surface area (Å²) in [6.45, 7) is 4.24. The van der Waals surface area contributed by atoms with Crippen LogP contribution >= 0.6 is 25.3 Å². The van der Waals surface area contributed by atoms with Gasteiger partial charge in [-0.05, 0) is 12.8 Å². The molecule has 0 aliphatic rings. The van der Waals surface area contributed by atoms with E-state index in [2.05, 4.69) is 39.1 Å². The Morgan fingerprint density at radius 2 is 1.37 bits per heavy atom. The van der Waals surface area contributed by atoms with Crippen LogP contribution in [0.5, 0.6) is 0 Å². The van der Waals surface area contributed by atoms with Crippen molar-refractivity contribution in [2.24, 2.45) is 0 Å². The molecule has 6 heteroatoms. The molecule has 3 nitrogen and oxygen atoms in total. The van der Waals surface area contributed by atoms with Crippen LogP contribution < -0.4 is 34.7 Å². The van der Waals surface area contributed by atoms with Crippen LogP contribution in [-0.4, -0.2) is 21.7 Å². The molecule has 0 bridgehead atoms. The molecule has 2 unspecified atom stereocenters. The van der Waals surface area contributed by atoms with Crippen molar-refractivity contribution in [2.75, 3.05) is 0 Å². The largest absolute Gasteiger partial charge is 1.00 e. The topological polar surface area (TPSA) is 43.4 Å². The summed E-state index contributed by atoms with van der Waals surface area (Å²) in [5, 5.41) is 10.6. The smallest absolute Gasteiger partial charge is 0.530 e. The Morgan fingerprint density at radius 3 is 1.63 bits per heavy atom. The second kappa shape index (κ2) is 13.9. The predicted octanol–water partition coefficient (Wildman–Crippen LogP) is 0.308. The molecule has 1 amide bonds. The van der Waals surface area contributed by atoms with Gasteiger partial charge >= 0.3 is 29.6 Å². The second-order valence-electron chi connectivity index (χ2n) is 4.63. The summed E-state index contributed by atoms with van der Waals surface area (Å²) in [6.07, 6.45) is 6.78. The Labute approximate surface area is 151 Å². The molecule has 0 heterocycles. The molecule has 0 rings (SSSR count). The van der Waals surface area contributed by atoms with Gasteiger partial charge in [0.05, 0.1) is 10.7 Å². The van der Waals surface area contributed by atoms with Crippen LogP contribution in [0.15, 0.2) is 0 Å². The summed E-state index contributed by atoms with van der Waals surface area (Å²) in [5.74, 6) is 0. The molecule has 0 aliphatic carbocycles. The van der Waals surface area contributed by atoms with Gasteiger partial charge in [-0.3, -0.25) is 0 Å². The van der Waals surface area contributed by atoms with E-state index in [0.29, 0.717) is 0 Å². The number of carboxylic acid groups (broad SMARTS) is 1. The molecule has 0 N–H and O–H groups in total. The van der Waals surface area contributed by atoms with E-state index < -0.39 is 6.09 Å². The first-order valence-electron chi connectivity index (χ1n) is 6.90. The number of carbonyl (C=O) groups excluding carboxylic acids is 1. The van der Waals surface area contributed by atoms with E-state index >= 15 is 0 Å². The molecule has 19 heavy (non-hydrogen) atoms. The summed E-state index contributed by atoms with van der Waals surface area (Å²) < 4.78 is 0. The first-order chi connectivity index (χ1) is 8.54. The van der Waals surface area contributed by atoms with Gasteiger partial charge < -0.3 is 14.8 Å². The fourth-order valence-corrected chi connectivity index (χ4v) is 2.85. The maximum absolute atomic E-state index is 11.2. The van der Waals surface area contributed by atoms with Crippen LogP contribution in [0.25, 0.3) is 0 Å². The zero-order valence-corrected chi connectivity index (χ0v) is 16.3. The number of amides is 1. The van der Waals surface area contributed by atoms with Gasteiger partial charge in [0.1, 0.15) is 6.09 Å². The van der Waals surface area contributed by atoms with Crippen LogP contribution in [0.4, 0.5) is 4.79 Å². The fraction of sp³-hybridized carbons (Fsp3) is 0.923. The molecule has 0 spiro atoms. The molecule has 0 saturated carbocycles. The molecular formula is C13H26NNaO2S2. The van der Waals surface area contributed by atoms with Gasteiger partial charge in [-0.1, -0.05) is 52.4 Å². The maximum Gasteiger partial charge on any atom is 1.00 e. The normalized spacial score (nSPS) is 13.5. The molecule has 0 saturated heterocycles. The number of thiol groups is 2. The van der Waals surface area contributed by atoms with Crippen molar-refractivity contribution in [3.05, 3.63) is 0 Å². The predicted molar refractivity (Wildman–Crippen MR) is 81.1 cm³/mol. The van der Waals surface area contributed by atoms with Gasteiger partial charge in [0, 0.05) is 0 Å². The van der Waals surface area contributed by atoms with E-state index in [-0.39, 0.29) is 40.3 Å². The molecule has 0 aromatic carbocycles. The molecular weight excluding hydrogens is 289 g/mol. The van der Waals surface area contributed by atoms with E-state index in [1.54, 1.807) is 0 Å². The molecule has 0 radical (unpaired) electrons. The van der Waals surface area contributed by atoms with Crippen LogP contribution in [0.1, 0.15) is 65.2 Å². The summed E-state index contributed by atoms with van der Waals surface area (Å²) in [5.41, 5.74) is 0. The summed E-state index contributed by atoms with van der Waals surface area (Å²) in [7, 11) is 0. The third kappa shape index (κ3) is 10.4. The van der Waals surface area contributed by atoms with E-state index in [1.807, 2.05) is 0 Å². The van der Waals surface area contributed by atoms with Gasteiger partial charge in [0.2, 0.25) is 0 Å². The molecule has 0 fully saturated rings. The molecule has 2 atom stereocenters. The average molecular weight is 315 g/mol. The SMILES string of the molecule is CCCCCC(S)N(C(=O)[O-])C(S)CCCCC.[Na+]. The van der Waals surface area contributed by atoms with Crippen LogP contribution in [0.3, 0.4) is 0 Å². The zero-order chi connectivity index (χ0) is 14.0. The number of hydrogen-bond donors (Lipinski definition) is 2. The summed E-state index contributed by atoms with van der Waals surface area (Å²) in [4.78, 5) is 12.4. The summed E-state index contributed by atoms with van der Waals surface area (Å²) in [6, 6.07) is 0. The Hall–Kier alpha value is 0.970. The molecule has 108 valence electrons. The van der Waals surface area contributed by atoms with Crippen molar-refractivity contribution in [2.45, 2.75) is 76.0 Å². The molecule has 0 aliphatic heterocycles. The van der Waals surface area contributed by atoms with Crippen molar-refractivity contribution in [3.8, 4) is 0 Å². The quantitative estimate of drug-likeness (QED) is 0.264. The Morgan fingerprint density at radius 1 is 1.00 bits per heavy atom. The number of unbranched alkanes of at least 4 members (excludes halogenated alkanes) is 4.